The van der Waals surface area contributed by atoms with E-state index in [-0.39, 0.29) is 18.1 Å². The number of aromatic nitrogens is 1. The fourth-order valence-corrected chi connectivity index (χ4v) is 1.74. The number of nitrogens with two attached hydrogens (primary N) is 1. The first-order chi connectivity index (χ1) is 11.0. The maximum atomic E-state index is 13.1. The maximum absolute atomic E-state index is 13.1. The van der Waals surface area contributed by atoms with Crippen molar-refractivity contribution in [3.05, 3.63) is 59.7 Å². The second kappa shape index (κ2) is 7.35. The lowest BCUT2D eigenvalue weighted by Crippen LogP contribution is -2.42. The van der Waals surface area contributed by atoms with Crippen LogP contribution in [0, 0.1) is 5.82 Å². The molecule has 7 heteroatoms. The fourth-order valence-electron chi connectivity index (χ4n) is 1.74. The van der Waals surface area contributed by atoms with Gasteiger partial charge in [0.25, 0.3) is 5.91 Å². The molecule has 0 fully saturated rings. The van der Waals surface area contributed by atoms with Crippen molar-refractivity contribution in [3.8, 4) is 5.75 Å². The van der Waals surface area contributed by atoms with Crippen LogP contribution >= 0.6 is 0 Å². The molecule has 6 nitrogen and oxygen atoms in total. The molecule has 0 aliphatic carbocycles. The summed E-state index contributed by atoms with van der Waals surface area (Å²) < 4.78 is 18.5. The molecule has 0 spiro atoms. The molecule has 1 atom stereocenters. The van der Waals surface area contributed by atoms with Gasteiger partial charge in [-0.2, -0.15) is 0 Å². The third kappa shape index (κ3) is 4.77. The van der Waals surface area contributed by atoms with E-state index in [4.69, 9.17) is 10.5 Å². The van der Waals surface area contributed by atoms with Crippen LogP contribution in [0.3, 0.4) is 0 Å². The summed E-state index contributed by atoms with van der Waals surface area (Å²) in [6.45, 7) is 1.67. The Labute approximate surface area is 132 Å². The molecular formula is C16H16FN3O3. The first-order valence-electron chi connectivity index (χ1n) is 6.89. The quantitative estimate of drug-likeness (QED) is 0.842. The molecule has 2 aromatic rings. The number of carbonyl (C=O) groups excluding carboxylic acids is 2. The molecule has 1 aromatic carbocycles. The highest BCUT2D eigenvalue weighted by atomic mass is 19.1. The van der Waals surface area contributed by atoms with Crippen molar-refractivity contribution in [2.24, 2.45) is 5.73 Å². The number of hydrogen-bond donors (Lipinski definition) is 2. The van der Waals surface area contributed by atoms with Gasteiger partial charge in [-0.15, -0.1) is 0 Å². The summed E-state index contributed by atoms with van der Waals surface area (Å²) in [5.74, 6) is -1.03. The van der Waals surface area contributed by atoms with Crippen molar-refractivity contribution in [2.75, 3.05) is 0 Å². The van der Waals surface area contributed by atoms with E-state index in [1.165, 1.54) is 31.3 Å². The normalized spacial score (nSPS) is 11.6. The Morgan fingerprint density at radius 3 is 2.74 bits per heavy atom. The van der Waals surface area contributed by atoms with Gasteiger partial charge in [-0.05, 0) is 36.8 Å². The van der Waals surface area contributed by atoms with Crippen LogP contribution in [0.5, 0.6) is 5.75 Å². The van der Waals surface area contributed by atoms with Crippen molar-refractivity contribution >= 4 is 11.8 Å². The van der Waals surface area contributed by atoms with E-state index < -0.39 is 17.9 Å². The summed E-state index contributed by atoms with van der Waals surface area (Å²) in [5, 5.41) is 2.42. The topological polar surface area (TPSA) is 94.3 Å². The predicted molar refractivity (Wildman–Crippen MR) is 81.1 cm³/mol. The van der Waals surface area contributed by atoms with Crippen molar-refractivity contribution in [2.45, 2.75) is 19.6 Å². The largest absolute Gasteiger partial charge is 0.487 e. The number of carbonyl (C=O) groups is 2. The molecule has 2 amide bonds. The molecule has 0 bridgehead atoms. The zero-order valence-corrected chi connectivity index (χ0v) is 12.5. The third-order valence-corrected chi connectivity index (χ3v) is 3.04. The number of amides is 2. The molecule has 1 heterocycles. The molecule has 0 aliphatic rings. The lowest BCUT2D eigenvalue weighted by molar-refractivity contribution is -0.119. The van der Waals surface area contributed by atoms with Gasteiger partial charge in [0.2, 0.25) is 5.91 Å². The monoisotopic (exact) mass is 317 g/mol. The first kappa shape index (κ1) is 16.4. The van der Waals surface area contributed by atoms with E-state index in [0.717, 1.165) is 0 Å². The lowest BCUT2D eigenvalue weighted by atomic mass is 10.2. The van der Waals surface area contributed by atoms with Crippen LogP contribution in [-0.2, 0) is 11.4 Å². The van der Waals surface area contributed by atoms with Crippen LogP contribution in [0.1, 0.15) is 23.0 Å². The summed E-state index contributed by atoms with van der Waals surface area (Å²) in [7, 11) is 0. The second-order valence-corrected chi connectivity index (χ2v) is 4.90. The minimum atomic E-state index is -0.784. The van der Waals surface area contributed by atoms with E-state index in [9.17, 15) is 14.0 Å². The van der Waals surface area contributed by atoms with E-state index in [1.807, 2.05) is 0 Å². The molecule has 0 saturated heterocycles. The fraction of sp³-hybridized carbons (Fsp3) is 0.188. The molecule has 120 valence electrons. The molecule has 0 radical (unpaired) electrons. The number of ether oxygens (including phenoxy) is 1. The Morgan fingerprint density at radius 2 is 2.13 bits per heavy atom. The number of halogens is 1. The smallest absolute Gasteiger partial charge is 0.270 e. The summed E-state index contributed by atoms with van der Waals surface area (Å²) >= 11 is 0. The molecule has 0 unspecified atom stereocenters. The first-order valence-corrected chi connectivity index (χ1v) is 6.89. The van der Waals surface area contributed by atoms with E-state index in [1.54, 1.807) is 18.2 Å². The average molecular weight is 317 g/mol. The molecule has 0 saturated carbocycles. The van der Waals surface area contributed by atoms with Crippen molar-refractivity contribution in [3.63, 3.8) is 0 Å². The molecule has 23 heavy (non-hydrogen) atoms. The van der Waals surface area contributed by atoms with Crippen molar-refractivity contribution in [1.82, 2.24) is 10.3 Å². The number of primary amides is 1. The highest BCUT2D eigenvalue weighted by Crippen LogP contribution is 2.12. The minimum absolute atomic E-state index is 0.135. The van der Waals surface area contributed by atoms with Crippen molar-refractivity contribution < 1.29 is 18.7 Å². The van der Waals surface area contributed by atoms with Gasteiger partial charge >= 0.3 is 0 Å². The number of hydrogen-bond acceptors (Lipinski definition) is 4. The second-order valence-electron chi connectivity index (χ2n) is 4.90. The summed E-state index contributed by atoms with van der Waals surface area (Å²) in [6.07, 6.45) is 1.38. The van der Waals surface area contributed by atoms with Crippen LogP contribution in [0.4, 0.5) is 4.39 Å². The maximum Gasteiger partial charge on any atom is 0.270 e. The van der Waals surface area contributed by atoms with Gasteiger partial charge in [0.15, 0.2) is 0 Å². The van der Waals surface area contributed by atoms with Crippen LogP contribution in [0.2, 0.25) is 0 Å². The zero-order valence-electron chi connectivity index (χ0n) is 12.5. The van der Waals surface area contributed by atoms with Gasteiger partial charge in [0.1, 0.15) is 29.9 Å². The van der Waals surface area contributed by atoms with E-state index in [2.05, 4.69) is 10.3 Å². The lowest BCUT2D eigenvalue weighted by Gasteiger charge is -2.10. The molecule has 2 rings (SSSR count). The molecule has 1 aromatic heterocycles. The van der Waals surface area contributed by atoms with E-state index in [0.29, 0.717) is 11.3 Å². The van der Waals surface area contributed by atoms with Gasteiger partial charge in [-0.1, -0.05) is 12.1 Å². The van der Waals surface area contributed by atoms with Crippen LogP contribution in [0.15, 0.2) is 42.6 Å². The minimum Gasteiger partial charge on any atom is -0.487 e. The number of nitrogens with zero attached hydrogens (tertiary/aromatic N) is 1. The standard InChI is InChI=1S/C16H16FN3O3/c1-10(15(18)21)20-16(22)14-6-5-13(8-19-14)23-9-11-3-2-4-12(17)7-11/h2-8,10H,9H2,1H3,(H2,18,21)(H,20,22)/t10-/m0/s1. The average Bonchev–Trinajstić information content (AvgIpc) is 2.53. The Morgan fingerprint density at radius 1 is 1.35 bits per heavy atom. The number of benzene rings is 1. The Hall–Kier alpha value is -2.96. The Bertz CT molecular complexity index is 704. The number of nitrogens with one attached hydrogen (secondary N) is 1. The Kier molecular flexibility index (Phi) is 5.24. The highest BCUT2D eigenvalue weighted by molar-refractivity contribution is 5.95. The van der Waals surface area contributed by atoms with Gasteiger partial charge in [-0.25, -0.2) is 9.37 Å². The van der Waals surface area contributed by atoms with Gasteiger partial charge in [0.05, 0.1) is 6.20 Å². The van der Waals surface area contributed by atoms with Crippen LogP contribution < -0.4 is 15.8 Å². The van der Waals surface area contributed by atoms with E-state index >= 15 is 0 Å². The van der Waals surface area contributed by atoms with Crippen molar-refractivity contribution in [1.29, 1.82) is 0 Å². The zero-order chi connectivity index (χ0) is 16.8. The number of pyridine rings is 1. The molecular weight excluding hydrogens is 301 g/mol. The summed E-state index contributed by atoms with van der Waals surface area (Å²) in [4.78, 5) is 26.7. The van der Waals surface area contributed by atoms with Gasteiger partial charge in [0, 0.05) is 0 Å². The molecule has 3 N–H and O–H groups in total. The summed E-state index contributed by atoms with van der Waals surface area (Å²) in [6, 6.07) is 8.31. The Balaban J connectivity index is 1.94. The third-order valence-electron chi connectivity index (χ3n) is 3.04. The highest BCUT2D eigenvalue weighted by Gasteiger charge is 2.14. The summed E-state index contributed by atoms with van der Waals surface area (Å²) in [5.41, 5.74) is 5.89. The van der Waals surface area contributed by atoms with Crippen LogP contribution in [0.25, 0.3) is 0 Å². The number of rotatable bonds is 6. The van der Waals surface area contributed by atoms with Gasteiger partial charge < -0.3 is 15.8 Å². The predicted octanol–water partition coefficient (Wildman–Crippen LogP) is 1.40. The SMILES string of the molecule is C[C@H](NC(=O)c1ccc(OCc2cccc(F)c2)cn1)C(N)=O. The van der Waals surface area contributed by atoms with Gasteiger partial charge in [-0.3, -0.25) is 9.59 Å². The molecule has 0 aliphatic heterocycles. The van der Waals surface area contributed by atoms with Crippen LogP contribution in [-0.4, -0.2) is 22.8 Å².